The predicted molar refractivity (Wildman–Crippen MR) is 108 cm³/mol. The fourth-order valence-corrected chi connectivity index (χ4v) is 3.10. The molecule has 1 N–H and O–H groups in total. The highest BCUT2D eigenvalue weighted by Crippen LogP contribution is 2.28. The van der Waals surface area contributed by atoms with Crippen LogP contribution in [0.15, 0.2) is 78.9 Å². The summed E-state index contributed by atoms with van der Waals surface area (Å²) in [6, 6.07) is 27.1. The average molecular weight is 339 g/mol. The van der Waals surface area contributed by atoms with Crippen molar-refractivity contribution in [1.29, 1.82) is 0 Å². The van der Waals surface area contributed by atoms with Crippen LogP contribution in [0.3, 0.4) is 0 Å². The molecule has 0 aliphatic rings. The molecule has 4 aromatic rings. The number of benzene rings is 3. The number of anilines is 1. The quantitative estimate of drug-likeness (QED) is 0.539. The summed E-state index contributed by atoms with van der Waals surface area (Å²) in [4.78, 5) is 9.53. The normalized spacial score (nSPS) is 10.8. The lowest BCUT2D eigenvalue weighted by atomic mass is 10.0. The standard InChI is InChI=1S/C23H21N3/c1-17-12-13-21-20(16-17)22(19-10-6-3-7-11-19)26-23(25-21)24-15-14-18-8-4-2-5-9-18/h2-13,16H,14-15H2,1H3,(H,24,25,26). The van der Waals surface area contributed by atoms with Gasteiger partial charge in [0.25, 0.3) is 0 Å². The van der Waals surface area contributed by atoms with Gasteiger partial charge in [-0.15, -0.1) is 0 Å². The maximum atomic E-state index is 4.82. The van der Waals surface area contributed by atoms with Crippen molar-refractivity contribution in [2.24, 2.45) is 0 Å². The summed E-state index contributed by atoms with van der Waals surface area (Å²) in [5.41, 5.74) is 5.56. The molecular weight excluding hydrogens is 318 g/mol. The molecule has 4 rings (SSSR count). The summed E-state index contributed by atoms with van der Waals surface area (Å²) < 4.78 is 0. The second-order valence-electron chi connectivity index (χ2n) is 6.44. The first-order valence-corrected chi connectivity index (χ1v) is 8.91. The molecule has 0 unspecified atom stereocenters. The number of hydrogen-bond donors (Lipinski definition) is 1. The summed E-state index contributed by atoms with van der Waals surface area (Å²) in [6.45, 7) is 2.90. The van der Waals surface area contributed by atoms with Gasteiger partial charge in [-0.3, -0.25) is 0 Å². The first kappa shape index (κ1) is 16.3. The number of nitrogens with zero attached hydrogens (tertiary/aromatic N) is 2. The van der Waals surface area contributed by atoms with E-state index in [1.807, 2.05) is 24.3 Å². The monoisotopic (exact) mass is 339 g/mol. The van der Waals surface area contributed by atoms with E-state index in [1.54, 1.807) is 0 Å². The van der Waals surface area contributed by atoms with Gasteiger partial charge < -0.3 is 5.32 Å². The Bertz CT molecular complexity index is 1010. The Kier molecular flexibility index (Phi) is 4.61. The van der Waals surface area contributed by atoms with Crippen molar-refractivity contribution >= 4 is 16.9 Å². The van der Waals surface area contributed by atoms with Crippen LogP contribution in [-0.2, 0) is 6.42 Å². The van der Waals surface area contributed by atoms with Gasteiger partial charge in [0.15, 0.2) is 0 Å². The first-order chi connectivity index (χ1) is 12.8. The highest BCUT2D eigenvalue weighted by molar-refractivity contribution is 5.93. The molecular formula is C23H21N3. The maximum Gasteiger partial charge on any atom is 0.223 e. The van der Waals surface area contributed by atoms with Crippen LogP contribution in [0.25, 0.3) is 22.2 Å². The Hall–Kier alpha value is -3.20. The Balaban J connectivity index is 1.66. The molecule has 0 atom stereocenters. The number of hydrogen-bond acceptors (Lipinski definition) is 3. The molecule has 1 aromatic heterocycles. The van der Waals surface area contributed by atoms with E-state index in [9.17, 15) is 0 Å². The molecule has 1 heterocycles. The number of aryl methyl sites for hydroxylation is 1. The van der Waals surface area contributed by atoms with E-state index < -0.39 is 0 Å². The molecule has 0 fully saturated rings. The highest BCUT2D eigenvalue weighted by Gasteiger charge is 2.10. The molecule has 0 bridgehead atoms. The lowest BCUT2D eigenvalue weighted by molar-refractivity contribution is 0.991. The van der Waals surface area contributed by atoms with Gasteiger partial charge in [-0.25, -0.2) is 9.97 Å². The van der Waals surface area contributed by atoms with Crippen LogP contribution in [0.5, 0.6) is 0 Å². The topological polar surface area (TPSA) is 37.8 Å². The molecule has 0 spiro atoms. The third-order valence-electron chi connectivity index (χ3n) is 4.44. The van der Waals surface area contributed by atoms with Crippen LogP contribution >= 0.6 is 0 Å². The summed E-state index contributed by atoms with van der Waals surface area (Å²) in [5.74, 6) is 0.677. The minimum absolute atomic E-state index is 0.677. The Morgan fingerprint density at radius 1 is 0.808 bits per heavy atom. The van der Waals surface area contributed by atoms with Gasteiger partial charge in [0.1, 0.15) is 0 Å². The second-order valence-corrected chi connectivity index (χ2v) is 6.44. The van der Waals surface area contributed by atoms with Crippen LogP contribution in [0.4, 0.5) is 5.95 Å². The fourth-order valence-electron chi connectivity index (χ4n) is 3.10. The Morgan fingerprint density at radius 3 is 2.31 bits per heavy atom. The molecule has 0 amide bonds. The van der Waals surface area contributed by atoms with E-state index in [1.165, 1.54) is 11.1 Å². The number of aromatic nitrogens is 2. The second kappa shape index (κ2) is 7.36. The van der Waals surface area contributed by atoms with Crippen molar-refractivity contribution in [3.63, 3.8) is 0 Å². The lowest BCUT2D eigenvalue weighted by Crippen LogP contribution is -2.08. The van der Waals surface area contributed by atoms with Gasteiger partial charge in [-0.05, 0) is 31.0 Å². The van der Waals surface area contributed by atoms with Gasteiger partial charge >= 0.3 is 0 Å². The zero-order valence-electron chi connectivity index (χ0n) is 14.8. The molecule has 3 aromatic carbocycles. The molecule has 0 aliphatic carbocycles. The third kappa shape index (κ3) is 3.57. The summed E-state index contributed by atoms with van der Waals surface area (Å²) >= 11 is 0. The summed E-state index contributed by atoms with van der Waals surface area (Å²) in [5, 5.41) is 4.48. The number of nitrogens with one attached hydrogen (secondary N) is 1. The average Bonchev–Trinajstić information content (AvgIpc) is 2.69. The van der Waals surface area contributed by atoms with E-state index in [-0.39, 0.29) is 0 Å². The fraction of sp³-hybridized carbons (Fsp3) is 0.130. The van der Waals surface area contributed by atoms with Crippen LogP contribution in [-0.4, -0.2) is 16.5 Å². The van der Waals surface area contributed by atoms with E-state index in [4.69, 9.17) is 9.97 Å². The van der Waals surface area contributed by atoms with Crippen molar-refractivity contribution in [2.45, 2.75) is 13.3 Å². The van der Waals surface area contributed by atoms with Gasteiger partial charge in [0.2, 0.25) is 5.95 Å². The molecule has 0 saturated carbocycles. The maximum absolute atomic E-state index is 4.82. The SMILES string of the molecule is Cc1ccc2nc(NCCc3ccccc3)nc(-c3ccccc3)c2c1. The largest absolute Gasteiger partial charge is 0.354 e. The van der Waals surface area contributed by atoms with E-state index in [2.05, 4.69) is 66.8 Å². The van der Waals surface area contributed by atoms with E-state index >= 15 is 0 Å². The molecule has 3 heteroatoms. The summed E-state index contributed by atoms with van der Waals surface area (Å²) in [7, 11) is 0. The third-order valence-corrected chi connectivity index (χ3v) is 4.44. The van der Waals surface area contributed by atoms with Gasteiger partial charge in [-0.2, -0.15) is 0 Å². The van der Waals surface area contributed by atoms with Crippen LogP contribution < -0.4 is 5.32 Å². The predicted octanol–water partition coefficient (Wildman–Crippen LogP) is 5.26. The smallest absolute Gasteiger partial charge is 0.223 e. The van der Waals surface area contributed by atoms with Crippen molar-refractivity contribution in [2.75, 3.05) is 11.9 Å². The van der Waals surface area contributed by atoms with Gasteiger partial charge in [0.05, 0.1) is 11.2 Å². The number of fused-ring (bicyclic) bond motifs is 1. The Labute approximate surface area is 153 Å². The summed E-state index contributed by atoms with van der Waals surface area (Å²) in [6.07, 6.45) is 0.941. The molecule has 0 saturated heterocycles. The molecule has 0 aliphatic heterocycles. The zero-order chi connectivity index (χ0) is 17.8. The van der Waals surface area contributed by atoms with Crippen molar-refractivity contribution in [3.8, 4) is 11.3 Å². The van der Waals surface area contributed by atoms with Gasteiger partial charge in [0, 0.05) is 17.5 Å². The molecule has 128 valence electrons. The van der Waals surface area contributed by atoms with Crippen molar-refractivity contribution < 1.29 is 0 Å². The van der Waals surface area contributed by atoms with E-state index in [0.29, 0.717) is 5.95 Å². The van der Waals surface area contributed by atoms with Crippen molar-refractivity contribution in [3.05, 3.63) is 90.0 Å². The number of rotatable bonds is 5. The van der Waals surface area contributed by atoms with Crippen LogP contribution in [0.1, 0.15) is 11.1 Å². The minimum Gasteiger partial charge on any atom is -0.354 e. The lowest BCUT2D eigenvalue weighted by Gasteiger charge is -2.11. The van der Waals surface area contributed by atoms with Crippen LogP contribution in [0, 0.1) is 6.92 Å². The van der Waals surface area contributed by atoms with Gasteiger partial charge in [-0.1, -0.05) is 72.3 Å². The Morgan fingerprint density at radius 2 is 1.54 bits per heavy atom. The van der Waals surface area contributed by atoms with E-state index in [0.717, 1.165) is 35.1 Å². The highest BCUT2D eigenvalue weighted by atomic mass is 15.1. The minimum atomic E-state index is 0.677. The first-order valence-electron chi connectivity index (χ1n) is 8.91. The van der Waals surface area contributed by atoms with Crippen molar-refractivity contribution in [1.82, 2.24) is 9.97 Å². The zero-order valence-corrected chi connectivity index (χ0v) is 14.8. The molecule has 26 heavy (non-hydrogen) atoms. The van der Waals surface area contributed by atoms with Crippen LogP contribution in [0.2, 0.25) is 0 Å². The molecule has 3 nitrogen and oxygen atoms in total. The molecule has 0 radical (unpaired) electrons.